The van der Waals surface area contributed by atoms with Gasteiger partial charge in [0.05, 0.1) is 33.2 Å². The molecule has 0 saturated carbocycles. The molecule has 0 unspecified atom stereocenters. The summed E-state index contributed by atoms with van der Waals surface area (Å²) in [5.41, 5.74) is 0. The Morgan fingerprint density at radius 3 is 2.69 bits per heavy atom. The smallest absolute Gasteiger partial charge is 0.152 e. The number of halogens is 1. The molecule has 2 aliphatic rings. The molecule has 86 valence electrons. The molecule has 3 rings (SSSR count). The maximum absolute atomic E-state index is 5.75. The maximum Gasteiger partial charge on any atom is 0.152 e. The Morgan fingerprint density at radius 1 is 1.38 bits per heavy atom. The highest BCUT2D eigenvalue weighted by atomic mass is 35.5. The number of nitrogens with zero attached hydrogens (tertiary/aromatic N) is 4. The summed E-state index contributed by atoms with van der Waals surface area (Å²) >= 11 is 5.75. The number of hydrogen-bond donors (Lipinski definition) is 0. The van der Waals surface area contributed by atoms with E-state index in [4.69, 9.17) is 11.6 Å². The van der Waals surface area contributed by atoms with Crippen LogP contribution in [0.15, 0.2) is 12.1 Å². The minimum Gasteiger partial charge on any atom is -0.340 e. The Morgan fingerprint density at radius 2 is 2.19 bits per heavy atom. The fourth-order valence-electron chi connectivity index (χ4n) is 3.01. The summed E-state index contributed by atoms with van der Waals surface area (Å²) in [5, 5.41) is 8.54. The van der Waals surface area contributed by atoms with Crippen molar-refractivity contribution in [2.75, 3.05) is 32.1 Å². The van der Waals surface area contributed by atoms with Crippen LogP contribution in [0.3, 0.4) is 0 Å². The van der Waals surface area contributed by atoms with Crippen molar-refractivity contribution in [2.24, 2.45) is 0 Å². The Hall–Kier alpha value is -0.870. The normalized spacial score (nSPS) is 31.1. The molecule has 0 amide bonds. The van der Waals surface area contributed by atoms with Gasteiger partial charge in [-0.25, -0.2) is 0 Å². The Kier molecular flexibility index (Phi) is 2.13. The van der Waals surface area contributed by atoms with Crippen LogP contribution in [0.1, 0.15) is 6.42 Å². The number of hydrogen-bond acceptors (Lipinski definition) is 3. The zero-order valence-corrected chi connectivity index (χ0v) is 10.4. The van der Waals surface area contributed by atoms with Gasteiger partial charge >= 0.3 is 0 Å². The number of fused-ring (bicyclic) bond motifs is 2. The predicted molar refractivity (Wildman–Crippen MR) is 63.6 cm³/mol. The molecule has 0 aromatic carbocycles. The third kappa shape index (κ3) is 1.48. The van der Waals surface area contributed by atoms with Crippen LogP contribution < -0.4 is 4.90 Å². The van der Waals surface area contributed by atoms with E-state index < -0.39 is 0 Å². The van der Waals surface area contributed by atoms with Gasteiger partial charge in [0.25, 0.3) is 0 Å². The predicted octanol–water partition coefficient (Wildman–Crippen LogP) is 1.17. The fourth-order valence-corrected chi connectivity index (χ4v) is 3.11. The average Bonchev–Trinajstić information content (AvgIpc) is 2.74. The molecule has 0 radical (unpaired) electrons. The van der Waals surface area contributed by atoms with Crippen LogP contribution in [-0.4, -0.2) is 53.9 Å². The minimum absolute atomic E-state index is 0.462. The first-order valence-corrected chi connectivity index (χ1v) is 6.02. The lowest BCUT2D eigenvalue weighted by atomic mass is 10.2. The molecule has 16 heavy (non-hydrogen) atoms. The van der Waals surface area contributed by atoms with Gasteiger partial charge in [0.2, 0.25) is 0 Å². The summed E-state index contributed by atoms with van der Waals surface area (Å²) in [6.07, 6.45) is 1.28. The number of anilines is 1. The van der Waals surface area contributed by atoms with Crippen molar-refractivity contribution in [1.29, 1.82) is 0 Å². The van der Waals surface area contributed by atoms with Crippen molar-refractivity contribution < 1.29 is 4.48 Å². The Labute approximate surface area is 100 Å². The average molecular weight is 240 g/mol. The lowest BCUT2D eigenvalue weighted by Crippen LogP contribution is -2.55. The van der Waals surface area contributed by atoms with Crippen LogP contribution in [0, 0.1) is 0 Å². The molecule has 2 atom stereocenters. The standard InChI is InChI=1S/C11H16ClN4/c1-16(2)7-8-5-9(16)6-15(8)11-4-3-10(12)13-14-11/h3-4,8-9H,5-7H2,1-2H3/q+1/t8-,9-/m0/s1. The van der Waals surface area contributed by atoms with Gasteiger partial charge in [0.1, 0.15) is 6.04 Å². The number of aromatic nitrogens is 2. The third-order valence-electron chi connectivity index (χ3n) is 3.97. The highest BCUT2D eigenvalue weighted by molar-refractivity contribution is 6.29. The van der Waals surface area contributed by atoms with Gasteiger partial charge in [-0.3, -0.25) is 0 Å². The van der Waals surface area contributed by atoms with Crippen LogP contribution in [0.5, 0.6) is 0 Å². The second-order valence-electron chi connectivity index (χ2n) is 5.37. The third-order valence-corrected chi connectivity index (χ3v) is 4.18. The van der Waals surface area contributed by atoms with Crippen molar-refractivity contribution in [1.82, 2.24) is 10.2 Å². The van der Waals surface area contributed by atoms with E-state index in [1.807, 2.05) is 12.1 Å². The number of rotatable bonds is 1. The molecular formula is C11H16ClN4+. The van der Waals surface area contributed by atoms with Gasteiger partial charge in [0, 0.05) is 6.42 Å². The molecule has 2 saturated heterocycles. The molecule has 2 bridgehead atoms. The van der Waals surface area contributed by atoms with E-state index in [1.165, 1.54) is 13.0 Å². The van der Waals surface area contributed by atoms with E-state index >= 15 is 0 Å². The van der Waals surface area contributed by atoms with E-state index in [1.54, 1.807) is 0 Å². The number of likely N-dealkylation sites (tertiary alicyclic amines) is 1. The monoisotopic (exact) mass is 239 g/mol. The first kappa shape index (κ1) is 10.3. The zero-order valence-electron chi connectivity index (χ0n) is 9.60. The van der Waals surface area contributed by atoms with Crippen LogP contribution in [0.25, 0.3) is 0 Å². The highest BCUT2D eigenvalue weighted by Gasteiger charge is 2.50. The second kappa shape index (κ2) is 3.31. The molecule has 0 spiro atoms. The lowest BCUT2D eigenvalue weighted by molar-refractivity contribution is -0.903. The summed E-state index contributed by atoms with van der Waals surface area (Å²) in [6.45, 7) is 2.29. The first-order valence-electron chi connectivity index (χ1n) is 5.65. The first-order chi connectivity index (χ1) is 7.56. The van der Waals surface area contributed by atoms with E-state index in [-0.39, 0.29) is 0 Å². The summed E-state index contributed by atoms with van der Waals surface area (Å²) in [4.78, 5) is 2.37. The number of quaternary nitrogens is 1. The van der Waals surface area contributed by atoms with E-state index in [9.17, 15) is 0 Å². The van der Waals surface area contributed by atoms with Crippen molar-refractivity contribution in [3.8, 4) is 0 Å². The lowest BCUT2D eigenvalue weighted by Gasteiger charge is -2.38. The molecular weight excluding hydrogens is 224 g/mol. The zero-order chi connectivity index (χ0) is 11.3. The van der Waals surface area contributed by atoms with Crippen molar-refractivity contribution in [2.45, 2.75) is 18.5 Å². The summed E-state index contributed by atoms with van der Waals surface area (Å²) in [6, 6.07) is 5.14. The van der Waals surface area contributed by atoms with E-state index in [0.29, 0.717) is 11.2 Å². The second-order valence-corrected chi connectivity index (χ2v) is 5.76. The summed E-state index contributed by atoms with van der Waals surface area (Å²) in [7, 11) is 4.63. The number of piperazine rings is 1. The van der Waals surface area contributed by atoms with Crippen LogP contribution in [0.2, 0.25) is 5.15 Å². The molecule has 0 aliphatic carbocycles. The van der Waals surface area contributed by atoms with Gasteiger partial charge in [-0.2, -0.15) is 0 Å². The minimum atomic E-state index is 0.462. The van der Waals surface area contributed by atoms with Gasteiger partial charge < -0.3 is 9.38 Å². The SMILES string of the molecule is C[N+]1(C)C[C@@H]2C[C@H]1CN2c1ccc(Cl)nn1. The molecule has 1 aromatic rings. The topological polar surface area (TPSA) is 29.0 Å². The molecule has 3 heterocycles. The van der Waals surface area contributed by atoms with E-state index in [2.05, 4.69) is 29.2 Å². The molecule has 0 N–H and O–H groups in total. The van der Waals surface area contributed by atoms with Gasteiger partial charge in [-0.05, 0) is 12.1 Å². The largest absolute Gasteiger partial charge is 0.340 e. The quantitative estimate of drug-likeness (QED) is 0.689. The van der Waals surface area contributed by atoms with E-state index in [0.717, 1.165) is 22.9 Å². The molecule has 5 heteroatoms. The van der Waals surface area contributed by atoms with Gasteiger partial charge in [0.15, 0.2) is 11.0 Å². The van der Waals surface area contributed by atoms with Gasteiger partial charge in [-0.15, -0.1) is 10.2 Å². The summed E-state index contributed by atoms with van der Waals surface area (Å²) in [5.74, 6) is 0.969. The van der Waals surface area contributed by atoms with Crippen molar-refractivity contribution in [3.63, 3.8) is 0 Å². The van der Waals surface area contributed by atoms with Crippen molar-refractivity contribution >= 4 is 17.4 Å². The molecule has 2 fully saturated rings. The van der Waals surface area contributed by atoms with Gasteiger partial charge in [-0.1, -0.05) is 11.6 Å². The Balaban J connectivity index is 1.83. The van der Waals surface area contributed by atoms with Crippen molar-refractivity contribution in [3.05, 3.63) is 17.3 Å². The van der Waals surface area contributed by atoms with Crippen LogP contribution >= 0.6 is 11.6 Å². The summed E-state index contributed by atoms with van der Waals surface area (Å²) < 4.78 is 1.14. The van der Waals surface area contributed by atoms with Crippen LogP contribution in [-0.2, 0) is 0 Å². The molecule has 4 nitrogen and oxygen atoms in total. The molecule has 1 aromatic heterocycles. The Bertz CT molecular complexity index is 403. The van der Waals surface area contributed by atoms with Crippen LogP contribution in [0.4, 0.5) is 5.82 Å². The number of likely N-dealkylation sites (N-methyl/N-ethyl adjacent to an activating group) is 1. The molecule has 2 aliphatic heterocycles. The fraction of sp³-hybridized carbons (Fsp3) is 0.636. The highest BCUT2D eigenvalue weighted by Crippen LogP contribution is 2.36. The maximum atomic E-state index is 5.75.